The van der Waals surface area contributed by atoms with Crippen LogP contribution in [0.15, 0.2) is 61.1 Å². The van der Waals surface area contributed by atoms with Crippen LogP contribution in [0.4, 0.5) is 10.3 Å². The van der Waals surface area contributed by atoms with Gasteiger partial charge in [0.25, 0.3) is 0 Å². The van der Waals surface area contributed by atoms with E-state index in [-0.39, 0.29) is 12.2 Å². The largest absolute Gasteiger partial charge is 0.497 e. The predicted molar refractivity (Wildman–Crippen MR) is 144 cm³/mol. The SMILES string of the molecule is COc1ccc2c(c1)CN(c1nccc(-c3nccc(C#Cc4cc(F)c5nn(COP(O)O)cc5c4)n3)n1)C2. The van der Waals surface area contributed by atoms with E-state index in [1.165, 1.54) is 28.1 Å². The second-order valence-corrected chi connectivity index (χ2v) is 9.59. The van der Waals surface area contributed by atoms with Crippen LogP contribution in [0.1, 0.15) is 22.4 Å². The smallest absolute Gasteiger partial charge is 0.328 e. The van der Waals surface area contributed by atoms with Gasteiger partial charge in [-0.2, -0.15) is 5.10 Å². The highest BCUT2D eigenvalue weighted by atomic mass is 31.2. The molecule has 1 aliphatic rings. The number of nitrogens with zero attached hydrogens (tertiary/aromatic N) is 7. The molecule has 3 aromatic heterocycles. The van der Waals surface area contributed by atoms with Crippen LogP contribution in [0.5, 0.6) is 5.75 Å². The topological polar surface area (TPSA) is 132 Å². The minimum absolute atomic E-state index is 0.124. The number of hydrogen-bond acceptors (Lipinski definition) is 10. The van der Waals surface area contributed by atoms with Crippen LogP contribution in [0.3, 0.4) is 0 Å². The molecule has 0 spiro atoms. The summed E-state index contributed by atoms with van der Waals surface area (Å²) >= 11 is 0. The minimum Gasteiger partial charge on any atom is -0.497 e. The van der Waals surface area contributed by atoms with Gasteiger partial charge in [0, 0.05) is 42.6 Å². The van der Waals surface area contributed by atoms with Crippen LogP contribution in [0.25, 0.3) is 22.4 Å². The minimum atomic E-state index is -2.54. The summed E-state index contributed by atoms with van der Waals surface area (Å²) in [4.78, 5) is 37.9. The number of benzene rings is 2. The third kappa shape index (κ3) is 5.45. The summed E-state index contributed by atoms with van der Waals surface area (Å²) in [5.74, 6) is 7.10. The third-order valence-corrected chi connectivity index (χ3v) is 6.54. The Morgan fingerprint density at radius 3 is 2.70 bits per heavy atom. The fourth-order valence-corrected chi connectivity index (χ4v) is 4.57. The first-order chi connectivity index (χ1) is 19.4. The second kappa shape index (κ2) is 10.9. The van der Waals surface area contributed by atoms with Gasteiger partial charge in [0.1, 0.15) is 29.4 Å². The number of fused-ring (bicyclic) bond motifs is 2. The van der Waals surface area contributed by atoms with E-state index >= 15 is 0 Å². The predicted octanol–water partition coefficient (Wildman–Crippen LogP) is 3.54. The van der Waals surface area contributed by atoms with E-state index in [2.05, 4.69) is 42.9 Å². The Balaban J connectivity index is 1.22. The molecular weight excluding hydrogens is 536 g/mol. The molecule has 0 saturated carbocycles. The summed E-state index contributed by atoms with van der Waals surface area (Å²) in [6, 6.07) is 12.4. The number of hydrogen-bond donors (Lipinski definition) is 2. The standard InChI is InChI=1S/C27H21FN7O4P/c1-38-22-5-3-18-13-34(14-19(18)12-22)27-30-9-7-24(32-27)26-29-8-6-21(31-26)4-2-17-10-20-15-35(16-39-40(36)37)33-25(20)23(28)11-17/h3,5-12,15,36-37H,13-14,16H2,1H3. The molecule has 4 heterocycles. The number of halogens is 1. The van der Waals surface area contributed by atoms with Crippen molar-refractivity contribution in [3.05, 3.63) is 89.3 Å². The molecule has 1 aliphatic heterocycles. The van der Waals surface area contributed by atoms with Crippen LogP contribution >= 0.6 is 8.60 Å². The summed E-state index contributed by atoms with van der Waals surface area (Å²) < 4.78 is 26.0. The lowest BCUT2D eigenvalue weighted by molar-refractivity contribution is 0.186. The zero-order valence-electron chi connectivity index (χ0n) is 21.1. The maximum Gasteiger partial charge on any atom is 0.328 e. The van der Waals surface area contributed by atoms with Gasteiger partial charge in [0.05, 0.1) is 7.11 Å². The normalized spacial score (nSPS) is 12.5. The maximum absolute atomic E-state index is 14.6. The summed E-state index contributed by atoms with van der Waals surface area (Å²) in [6.45, 7) is 1.13. The fraction of sp³-hybridized carbons (Fsp3) is 0.148. The van der Waals surface area contributed by atoms with Gasteiger partial charge < -0.3 is 19.4 Å². The van der Waals surface area contributed by atoms with Crippen molar-refractivity contribution in [2.75, 3.05) is 12.0 Å². The molecule has 13 heteroatoms. The van der Waals surface area contributed by atoms with Gasteiger partial charge in [-0.1, -0.05) is 12.0 Å². The quantitative estimate of drug-likeness (QED) is 0.236. The molecule has 5 aromatic rings. The summed E-state index contributed by atoms with van der Waals surface area (Å²) in [7, 11) is -0.888. The molecule has 0 radical (unpaired) electrons. The molecule has 0 fully saturated rings. The van der Waals surface area contributed by atoms with Crippen LogP contribution in [0.2, 0.25) is 0 Å². The number of ether oxygens (including phenoxy) is 1. The summed E-state index contributed by atoms with van der Waals surface area (Å²) in [5.41, 5.74) is 3.91. The molecule has 0 bridgehead atoms. The molecule has 0 unspecified atom stereocenters. The van der Waals surface area contributed by atoms with Crippen LogP contribution in [-0.4, -0.2) is 46.6 Å². The van der Waals surface area contributed by atoms with Gasteiger partial charge in [-0.15, -0.1) is 0 Å². The van der Waals surface area contributed by atoms with Crippen molar-refractivity contribution in [3.8, 4) is 29.1 Å². The highest BCUT2D eigenvalue weighted by Gasteiger charge is 2.22. The Kier molecular flexibility index (Phi) is 7.02. The highest BCUT2D eigenvalue weighted by Crippen LogP contribution is 2.30. The van der Waals surface area contributed by atoms with Crippen molar-refractivity contribution in [1.82, 2.24) is 29.7 Å². The average Bonchev–Trinajstić information content (AvgIpc) is 3.59. The monoisotopic (exact) mass is 557 g/mol. The maximum atomic E-state index is 14.6. The van der Waals surface area contributed by atoms with Crippen LogP contribution in [0, 0.1) is 17.7 Å². The first-order valence-corrected chi connectivity index (χ1v) is 13.2. The molecular formula is C27H21FN7O4P. The Morgan fingerprint density at radius 2 is 1.85 bits per heavy atom. The van der Waals surface area contributed by atoms with Crippen molar-refractivity contribution >= 4 is 25.5 Å². The van der Waals surface area contributed by atoms with E-state index in [0.29, 0.717) is 47.2 Å². The van der Waals surface area contributed by atoms with Crippen molar-refractivity contribution in [3.63, 3.8) is 0 Å². The highest BCUT2D eigenvalue weighted by molar-refractivity contribution is 7.39. The number of rotatable bonds is 6. The van der Waals surface area contributed by atoms with Crippen molar-refractivity contribution < 1.29 is 23.4 Å². The number of aromatic nitrogens is 6. The van der Waals surface area contributed by atoms with Crippen LogP contribution < -0.4 is 9.64 Å². The lowest BCUT2D eigenvalue weighted by atomic mass is 10.1. The zero-order chi connectivity index (χ0) is 27.6. The molecule has 0 atom stereocenters. The van der Waals surface area contributed by atoms with E-state index in [1.54, 1.807) is 37.7 Å². The molecule has 2 aromatic carbocycles. The average molecular weight is 557 g/mol. The van der Waals surface area contributed by atoms with Crippen molar-refractivity contribution in [2.45, 2.75) is 19.8 Å². The van der Waals surface area contributed by atoms with Gasteiger partial charge in [-0.3, -0.25) is 4.52 Å². The Hall–Kier alpha value is -4.53. The van der Waals surface area contributed by atoms with E-state index in [9.17, 15) is 4.39 Å². The number of methoxy groups -OCH3 is 1. The molecule has 6 rings (SSSR count). The number of anilines is 1. The lowest BCUT2D eigenvalue weighted by Crippen LogP contribution is -2.17. The van der Waals surface area contributed by atoms with Gasteiger partial charge >= 0.3 is 8.60 Å². The third-order valence-electron chi connectivity index (χ3n) is 6.20. The molecule has 2 N–H and O–H groups in total. The van der Waals surface area contributed by atoms with E-state index in [1.807, 2.05) is 12.1 Å². The second-order valence-electron chi connectivity index (χ2n) is 8.82. The summed E-state index contributed by atoms with van der Waals surface area (Å²) in [6.07, 6.45) is 4.80. The molecule has 0 amide bonds. The van der Waals surface area contributed by atoms with Crippen LogP contribution in [-0.2, 0) is 24.3 Å². The van der Waals surface area contributed by atoms with Gasteiger partial charge in [0.2, 0.25) is 5.95 Å². The first-order valence-electron chi connectivity index (χ1n) is 12.0. The Morgan fingerprint density at radius 1 is 1.00 bits per heavy atom. The van der Waals surface area contributed by atoms with Gasteiger partial charge in [0.15, 0.2) is 11.6 Å². The fourth-order valence-electron chi connectivity index (χ4n) is 4.34. The van der Waals surface area contributed by atoms with E-state index in [4.69, 9.17) is 24.0 Å². The molecule has 200 valence electrons. The molecule has 0 aliphatic carbocycles. The first kappa shape index (κ1) is 25.7. The molecule has 11 nitrogen and oxygen atoms in total. The zero-order valence-corrected chi connectivity index (χ0v) is 22.0. The van der Waals surface area contributed by atoms with Gasteiger partial charge in [-0.05, 0) is 53.4 Å². The lowest BCUT2D eigenvalue weighted by Gasteiger charge is -2.15. The van der Waals surface area contributed by atoms with E-state index < -0.39 is 14.4 Å². The van der Waals surface area contributed by atoms with Crippen molar-refractivity contribution in [2.24, 2.45) is 0 Å². The Bertz CT molecular complexity index is 1790. The Labute approximate surface area is 228 Å². The van der Waals surface area contributed by atoms with Crippen molar-refractivity contribution in [1.29, 1.82) is 0 Å². The van der Waals surface area contributed by atoms with E-state index in [0.717, 1.165) is 5.75 Å². The van der Waals surface area contributed by atoms with Gasteiger partial charge in [-0.25, -0.2) is 29.0 Å². The molecule has 40 heavy (non-hydrogen) atoms. The molecule has 0 saturated heterocycles. The summed E-state index contributed by atoms with van der Waals surface area (Å²) in [5, 5.41) is 4.55.